The molecule has 0 bridgehead atoms. The summed E-state index contributed by atoms with van der Waals surface area (Å²) in [4.78, 5) is 24.1. The zero-order valence-corrected chi connectivity index (χ0v) is 18.2. The summed E-state index contributed by atoms with van der Waals surface area (Å²) in [6.07, 6.45) is 1.24. The Hall–Kier alpha value is -4.09. The summed E-state index contributed by atoms with van der Waals surface area (Å²) >= 11 is 0. The molecule has 1 N–H and O–H groups in total. The number of nitriles is 1. The molecule has 2 heterocycles. The van der Waals surface area contributed by atoms with Crippen molar-refractivity contribution in [1.82, 2.24) is 4.57 Å². The van der Waals surface area contributed by atoms with E-state index in [1.54, 1.807) is 23.8 Å². The zero-order chi connectivity index (χ0) is 23.5. The van der Waals surface area contributed by atoms with Crippen LogP contribution in [0.25, 0.3) is 11.3 Å². The number of aromatic nitrogens is 1. The molecule has 0 saturated heterocycles. The van der Waals surface area contributed by atoms with E-state index in [1.165, 1.54) is 12.3 Å². The largest absolute Gasteiger partial charge is 0.492 e. The van der Waals surface area contributed by atoms with Crippen LogP contribution in [0.15, 0.2) is 53.5 Å². The van der Waals surface area contributed by atoms with Gasteiger partial charge in [0.2, 0.25) is 6.23 Å². The number of ether oxygens (including phenoxy) is 3. The molecule has 0 fully saturated rings. The van der Waals surface area contributed by atoms with Crippen molar-refractivity contribution in [2.24, 2.45) is 0 Å². The predicted octanol–water partition coefficient (Wildman–Crippen LogP) is 3.75. The highest BCUT2D eigenvalue weighted by atomic mass is 16.5. The number of nitrogens with zero attached hydrogens (tertiary/aromatic N) is 2. The van der Waals surface area contributed by atoms with Crippen LogP contribution in [0.2, 0.25) is 0 Å². The van der Waals surface area contributed by atoms with E-state index in [-0.39, 0.29) is 11.1 Å². The molecule has 8 nitrogen and oxygen atoms in total. The van der Waals surface area contributed by atoms with Gasteiger partial charge in [-0.2, -0.15) is 5.26 Å². The highest BCUT2D eigenvalue weighted by Crippen LogP contribution is 2.43. The van der Waals surface area contributed by atoms with Gasteiger partial charge in [0.25, 0.3) is 0 Å². The summed E-state index contributed by atoms with van der Waals surface area (Å²) in [5.41, 5.74) is 2.06. The number of aryl methyl sites for hydroxylation is 1. The summed E-state index contributed by atoms with van der Waals surface area (Å²) in [5, 5.41) is 19.1. The van der Waals surface area contributed by atoms with Gasteiger partial charge in [0.1, 0.15) is 23.1 Å². The first-order valence-corrected chi connectivity index (χ1v) is 10.4. The van der Waals surface area contributed by atoms with Gasteiger partial charge in [-0.3, -0.25) is 4.79 Å². The second-order valence-corrected chi connectivity index (χ2v) is 7.68. The van der Waals surface area contributed by atoms with Gasteiger partial charge in [-0.25, -0.2) is 4.79 Å². The lowest BCUT2D eigenvalue weighted by atomic mass is 10.0. The lowest BCUT2D eigenvalue weighted by molar-refractivity contribution is 0.0693. The Morgan fingerprint density at radius 2 is 2.06 bits per heavy atom. The third-order valence-corrected chi connectivity index (χ3v) is 5.36. The normalized spacial score (nSPS) is 13.9. The van der Waals surface area contributed by atoms with Crippen LogP contribution in [0, 0.1) is 18.3 Å². The SMILES string of the molecule is COCCCOc1cc2c(cc1C#N)-c1cc(=O)c(C(=O)O)cn1C(c1cccc(C)c1)O2. The average molecular weight is 446 g/mol. The molecule has 4 rings (SSSR count). The van der Waals surface area contributed by atoms with Crippen molar-refractivity contribution < 1.29 is 24.1 Å². The van der Waals surface area contributed by atoms with Crippen LogP contribution in [0.4, 0.5) is 0 Å². The number of rotatable bonds is 7. The van der Waals surface area contributed by atoms with Gasteiger partial charge in [-0.05, 0) is 13.0 Å². The molecule has 0 saturated carbocycles. The van der Waals surface area contributed by atoms with E-state index in [9.17, 15) is 20.0 Å². The summed E-state index contributed by atoms with van der Waals surface area (Å²) in [7, 11) is 1.61. The first kappa shape index (κ1) is 22.1. The molecule has 0 spiro atoms. The molecular weight excluding hydrogens is 424 g/mol. The van der Waals surface area contributed by atoms with Crippen molar-refractivity contribution in [1.29, 1.82) is 5.26 Å². The van der Waals surface area contributed by atoms with Gasteiger partial charge < -0.3 is 23.9 Å². The fourth-order valence-electron chi connectivity index (χ4n) is 3.80. The second kappa shape index (κ2) is 9.18. The monoisotopic (exact) mass is 446 g/mol. The van der Waals surface area contributed by atoms with Crippen molar-refractivity contribution in [2.75, 3.05) is 20.3 Å². The number of carbonyl (C=O) groups is 1. The lowest BCUT2D eigenvalue weighted by Crippen LogP contribution is -2.27. The highest BCUT2D eigenvalue weighted by molar-refractivity contribution is 5.88. The molecule has 1 aliphatic heterocycles. The summed E-state index contributed by atoms with van der Waals surface area (Å²) < 4.78 is 18.7. The van der Waals surface area contributed by atoms with E-state index in [4.69, 9.17) is 14.2 Å². The minimum absolute atomic E-state index is 0.282. The van der Waals surface area contributed by atoms with Crippen LogP contribution < -0.4 is 14.9 Å². The van der Waals surface area contributed by atoms with Crippen LogP contribution in [0.3, 0.4) is 0 Å². The Morgan fingerprint density at radius 3 is 2.76 bits per heavy atom. The quantitative estimate of drug-likeness (QED) is 0.550. The van der Waals surface area contributed by atoms with E-state index in [1.807, 2.05) is 31.2 Å². The molecule has 1 unspecified atom stereocenters. The number of pyridine rings is 1. The molecule has 0 aliphatic carbocycles. The van der Waals surface area contributed by atoms with Crippen molar-refractivity contribution in [2.45, 2.75) is 19.6 Å². The van der Waals surface area contributed by atoms with Crippen molar-refractivity contribution in [3.8, 4) is 28.8 Å². The van der Waals surface area contributed by atoms with Gasteiger partial charge >= 0.3 is 5.97 Å². The van der Waals surface area contributed by atoms with Crippen molar-refractivity contribution in [3.05, 3.63) is 81.1 Å². The number of carboxylic acids is 1. The number of fused-ring (bicyclic) bond motifs is 3. The Kier molecular flexibility index (Phi) is 6.16. The number of hydrogen-bond acceptors (Lipinski definition) is 6. The minimum Gasteiger partial charge on any atom is -0.492 e. The summed E-state index contributed by atoms with van der Waals surface area (Å²) in [6, 6.07) is 14.3. The number of benzene rings is 2. The molecule has 1 aliphatic rings. The topological polar surface area (TPSA) is 111 Å². The van der Waals surface area contributed by atoms with Gasteiger partial charge in [-0.15, -0.1) is 0 Å². The van der Waals surface area contributed by atoms with Gasteiger partial charge in [0.15, 0.2) is 5.43 Å². The van der Waals surface area contributed by atoms with Crippen LogP contribution in [-0.4, -0.2) is 36.0 Å². The third kappa shape index (κ3) is 4.31. The van der Waals surface area contributed by atoms with E-state index in [2.05, 4.69) is 6.07 Å². The van der Waals surface area contributed by atoms with E-state index in [0.29, 0.717) is 42.4 Å². The van der Waals surface area contributed by atoms with Crippen LogP contribution in [0.1, 0.15) is 39.7 Å². The fraction of sp³-hybridized carbons (Fsp3) is 0.240. The van der Waals surface area contributed by atoms with Crippen molar-refractivity contribution in [3.63, 3.8) is 0 Å². The molecule has 168 valence electrons. The Morgan fingerprint density at radius 1 is 1.24 bits per heavy atom. The maximum atomic E-state index is 12.5. The van der Waals surface area contributed by atoms with Crippen LogP contribution >= 0.6 is 0 Å². The molecule has 3 aromatic rings. The first-order valence-electron chi connectivity index (χ1n) is 10.4. The molecule has 8 heteroatoms. The Labute approximate surface area is 190 Å². The summed E-state index contributed by atoms with van der Waals surface area (Å²) in [5.74, 6) is -0.514. The van der Waals surface area contributed by atoms with E-state index in [0.717, 1.165) is 11.1 Å². The summed E-state index contributed by atoms with van der Waals surface area (Å²) in [6.45, 7) is 2.84. The standard InChI is InChI=1S/C25H22N2O6/c1-15-5-3-6-16(9-15)24-27-14-19(25(29)30)21(28)11-20(27)18-10-17(13-26)22(12-23(18)33-24)32-8-4-7-31-2/h3,5-6,9-12,14,24H,4,7-8H2,1-2H3,(H,29,30). The van der Waals surface area contributed by atoms with Crippen LogP contribution in [0.5, 0.6) is 11.5 Å². The predicted molar refractivity (Wildman–Crippen MR) is 120 cm³/mol. The number of aromatic carboxylic acids is 1. The third-order valence-electron chi connectivity index (χ3n) is 5.36. The molecule has 0 radical (unpaired) electrons. The molecular formula is C25H22N2O6. The number of hydrogen-bond donors (Lipinski definition) is 1. The molecule has 1 atom stereocenters. The number of methoxy groups -OCH3 is 1. The van der Waals surface area contributed by atoms with Gasteiger partial charge in [0.05, 0.1) is 17.9 Å². The maximum Gasteiger partial charge on any atom is 0.341 e. The smallest absolute Gasteiger partial charge is 0.341 e. The highest BCUT2D eigenvalue weighted by Gasteiger charge is 2.30. The molecule has 33 heavy (non-hydrogen) atoms. The first-order chi connectivity index (χ1) is 15.9. The van der Waals surface area contributed by atoms with Gasteiger partial charge in [-0.1, -0.05) is 29.8 Å². The fourth-order valence-corrected chi connectivity index (χ4v) is 3.80. The van der Waals surface area contributed by atoms with E-state index >= 15 is 0 Å². The van der Waals surface area contributed by atoms with Crippen LogP contribution in [-0.2, 0) is 4.74 Å². The van der Waals surface area contributed by atoms with E-state index < -0.39 is 17.6 Å². The maximum absolute atomic E-state index is 12.5. The molecule has 0 amide bonds. The second-order valence-electron chi connectivity index (χ2n) is 7.68. The molecule has 1 aromatic heterocycles. The number of carboxylic acid groups (broad SMARTS) is 1. The minimum atomic E-state index is -1.32. The zero-order valence-electron chi connectivity index (χ0n) is 18.2. The Balaban J connectivity index is 1.88. The average Bonchev–Trinajstić information content (AvgIpc) is 2.80. The molecule has 2 aromatic carbocycles. The van der Waals surface area contributed by atoms with Gasteiger partial charge in [0, 0.05) is 49.6 Å². The Bertz CT molecular complexity index is 1320. The van der Waals surface area contributed by atoms with Crippen molar-refractivity contribution >= 4 is 5.97 Å². The lowest BCUT2D eigenvalue weighted by Gasteiger charge is -2.32.